The van der Waals surface area contributed by atoms with Crippen molar-refractivity contribution < 1.29 is 35.7 Å². The molecule has 2 aromatic rings. The van der Waals surface area contributed by atoms with Crippen LogP contribution < -0.4 is 15.5 Å². The van der Waals surface area contributed by atoms with E-state index >= 15 is 0 Å². The maximum Gasteiger partial charge on any atom is 0.274 e. The standard InChI is InChI=1S/C22H22F2IN3O7S/c1-4-27-9-11-6-15(35-36(3,32)33)17-16(19(29)20(34-2)18(22(27)31)28(11)17)21(30)26-8-10-5-14(25)13(24)7-12(10)23/h5,7,11,15H,4,6,8-9H2,1-3H3,(H,26,30)/t11-,15?/m1/s1. The van der Waals surface area contributed by atoms with Crippen LogP contribution in [0.2, 0.25) is 0 Å². The highest BCUT2D eigenvalue weighted by atomic mass is 127. The van der Waals surface area contributed by atoms with Gasteiger partial charge < -0.3 is 19.5 Å². The summed E-state index contributed by atoms with van der Waals surface area (Å²) in [5, 5.41) is 2.44. The van der Waals surface area contributed by atoms with E-state index in [4.69, 9.17) is 8.92 Å². The van der Waals surface area contributed by atoms with E-state index < -0.39 is 56.7 Å². The van der Waals surface area contributed by atoms with Crippen molar-refractivity contribution >= 4 is 44.5 Å². The number of nitrogens with one attached hydrogen (secondary N) is 1. The fourth-order valence-corrected chi connectivity index (χ4v) is 5.75. The summed E-state index contributed by atoms with van der Waals surface area (Å²) in [6.45, 7) is 1.93. The Balaban J connectivity index is 1.85. The lowest BCUT2D eigenvalue weighted by atomic mass is 10.1. The molecule has 194 valence electrons. The summed E-state index contributed by atoms with van der Waals surface area (Å²) < 4.78 is 63.9. The van der Waals surface area contributed by atoms with E-state index in [2.05, 4.69) is 5.32 Å². The van der Waals surface area contributed by atoms with Gasteiger partial charge in [0, 0.05) is 41.3 Å². The van der Waals surface area contributed by atoms with E-state index in [0.29, 0.717) is 12.6 Å². The van der Waals surface area contributed by atoms with Crippen LogP contribution in [0.25, 0.3) is 0 Å². The topological polar surface area (TPSA) is 124 Å². The second kappa shape index (κ2) is 9.70. The van der Waals surface area contributed by atoms with Crippen LogP contribution >= 0.6 is 22.6 Å². The Bertz CT molecular complexity index is 1440. The van der Waals surface area contributed by atoms with Crippen molar-refractivity contribution in [2.75, 3.05) is 26.5 Å². The number of aromatic nitrogens is 1. The van der Waals surface area contributed by atoms with Crippen LogP contribution in [0.15, 0.2) is 16.9 Å². The second-order valence-corrected chi connectivity index (χ2v) is 11.2. The number of nitrogens with zero attached hydrogens (tertiary/aromatic N) is 2. The minimum absolute atomic E-state index is 0.0221. The molecule has 3 heterocycles. The van der Waals surface area contributed by atoms with Gasteiger partial charge in [-0.3, -0.25) is 18.6 Å². The van der Waals surface area contributed by atoms with Gasteiger partial charge in [-0.2, -0.15) is 8.42 Å². The monoisotopic (exact) mass is 637 g/mol. The molecule has 36 heavy (non-hydrogen) atoms. The van der Waals surface area contributed by atoms with Gasteiger partial charge in [-0.05, 0) is 35.6 Å². The number of halogens is 3. The van der Waals surface area contributed by atoms with Crippen LogP contribution in [0.4, 0.5) is 8.78 Å². The average Bonchev–Trinajstić information content (AvgIpc) is 3.13. The third-order valence-electron chi connectivity index (χ3n) is 6.11. The number of methoxy groups -OCH3 is 1. The first-order chi connectivity index (χ1) is 16.9. The molecular formula is C22H22F2IN3O7S. The molecule has 2 aliphatic rings. The zero-order valence-corrected chi connectivity index (χ0v) is 22.4. The smallest absolute Gasteiger partial charge is 0.274 e. The average molecular weight is 637 g/mol. The van der Waals surface area contributed by atoms with E-state index in [0.717, 1.165) is 6.26 Å². The lowest BCUT2D eigenvalue weighted by Gasteiger charge is -2.34. The Morgan fingerprint density at radius 2 is 1.94 bits per heavy atom. The van der Waals surface area contributed by atoms with Gasteiger partial charge in [-0.15, -0.1) is 0 Å². The number of likely N-dealkylation sites (N-methyl/N-ethyl adjacent to an activating group) is 1. The maximum atomic E-state index is 14.2. The highest BCUT2D eigenvalue weighted by Gasteiger charge is 2.46. The van der Waals surface area contributed by atoms with Crippen molar-refractivity contribution in [3.05, 3.63) is 60.1 Å². The van der Waals surface area contributed by atoms with Gasteiger partial charge in [-0.1, -0.05) is 0 Å². The summed E-state index contributed by atoms with van der Waals surface area (Å²) >= 11 is 1.68. The van der Waals surface area contributed by atoms with Crippen molar-refractivity contribution in [3.63, 3.8) is 0 Å². The van der Waals surface area contributed by atoms with Crippen LogP contribution in [0.3, 0.4) is 0 Å². The van der Waals surface area contributed by atoms with Crippen LogP contribution in [0.5, 0.6) is 5.75 Å². The van der Waals surface area contributed by atoms with E-state index in [1.54, 1.807) is 29.5 Å². The Morgan fingerprint density at radius 1 is 1.25 bits per heavy atom. The van der Waals surface area contributed by atoms with Gasteiger partial charge in [0.25, 0.3) is 21.9 Å². The number of carbonyl (C=O) groups excluding carboxylic acids is 2. The first kappa shape index (κ1) is 26.5. The highest BCUT2D eigenvalue weighted by molar-refractivity contribution is 14.1. The molecule has 1 unspecified atom stereocenters. The number of amides is 2. The Labute approximate surface area is 218 Å². The zero-order valence-electron chi connectivity index (χ0n) is 19.4. The minimum Gasteiger partial charge on any atom is -0.491 e. The predicted octanol–water partition coefficient (Wildman–Crippen LogP) is 2.11. The van der Waals surface area contributed by atoms with Crippen LogP contribution in [0, 0.1) is 15.2 Å². The van der Waals surface area contributed by atoms with Gasteiger partial charge in [0.05, 0.1) is 25.1 Å². The molecular weight excluding hydrogens is 615 g/mol. The Morgan fingerprint density at radius 3 is 2.56 bits per heavy atom. The number of hydrogen-bond donors (Lipinski definition) is 1. The fourth-order valence-electron chi connectivity index (χ4n) is 4.63. The van der Waals surface area contributed by atoms with E-state index in [9.17, 15) is 31.6 Å². The van der Waals surface area contributed by atoms with Crippen molar-refractivity contribution in [1.82, 2.24) is 14.8 Å². The summed E-state index contributed by atoms with van der Waals surface area (Å²) in [5.41, 5.74) is -1.58. The summed E-state index contributed by atoms with van der Waals surface area (Å²) in [4.78, 5) is 41.4. The van der Waals surface area contributed by atoms with Gasteiger partial charge >= 0.3 is 0 Å². The minimum atomic E-state index is -4.01. The SMILES string of the molecule is CCN1C[C@H]2CC(OS(C)(=O)=O)c3c(C(=O)NCc4cc(I)c(F)cc4F)c(=O)c(OC)c(n32)C1=O. The fraction of sp³-hybridized carbons (Fsp3) is 0.409. The molecule has 2 amide bonds. The number of benzene rings is 1. The molecule has 0 spiro atoms. The molecule has 1 aromatic carbocycles. The van der Waals surface area contributed by atoms with Crippen molar-refractivity contribution in [2.45, 2.75) is 32.0 Å². The summed E-state index contributed by atoms with van der Waals surface area (Å²) in [5.74, 6) is -3.46. The van der Waals surface area contributed by atoms with Gasteiger partial charge in [0.2, 0.25) is 5.43 Å². The number of ether oxygens (including phenoxy) is 1. The maximum absolute atomic E-state index is 14.2. The summed E-state index contributed by atoms with van der Waals surface area (Å²) in [6.07, 6.45) is -0.285. The molecule has 0 fully saturated rings. The zero-order chi connectivity index (χ0) is 26.5. The number of rotatable bonds is 7. The molecule has 1 N–H and O–H groups in total. The van der Waals surface area contributed by atoms with Crippen molar-refractivity contribution in [2.24, 2.45) is 0 Å². The second-order valence-electron chi connectivity index (χ2n) is 8.40. The van der Waals surface area contributed by atoms with Gasteiger partial charge in [0.1, 0.15) is 23.3 Å². The molecule has 1 aromatic heterocycles. The molecule has 2 aliphatic heterocycles. The van der Waals surface area contributed by atoms with Gasteiger partial charge in [0.15, 0.2) is 11.4 Å². The first-order valence-electron chi connectivity index (χ1n) is 10.8. The van der Waals surface area contributed by atoms with Gasteiger partial charge in [-0.25, -0.2) is 8.78 Å². The Kier molecular flexibility index (Phi) is 7.13. The molecule has 0 saturated heterocycles. The lowest BCUT2D eigenvalue weighted by Crippen LogP contribution is -2.44. The van der Waals surface area contributed by atoms with E-state index in [-0.39, 0.29) is 45.8 Å². The third kappa shape index (κ3) is 4.61. The normalized spacial score (nSPS) is 18.8. The highest BCUT2D eigenvalue weighted by Crippen LogP contribution is 2.44. The van der Waals surface area contributed by atoms with Crippen LogP contribution in [-0.4, -0.2) is 56.2 Å². The largest absolute Gasteiger partial charge is 0.491 e. The van der Waals surface area contributed by atoms with E-state index in [1.807, 2.05) is 0 Å². The quantitative estimate of drug-likeness (QED) is 0.280. The number of carbonyl (C=O) groups is 2. The van der Waals surface area contributed by atoms with Crippen LogP contribution in [-0.2, 0) is 20.8 Å². The van der Waals surface area contributed by atoms with Crippen molar-refractivity contribution in [3.8, 4) is 5.75 Å². The van der Waals surface area contributed by atoms with Crippen molar-refractivity contribution in [1.29, 1.82) is 0 Å². The molecule has 4 rings (SSSR count). The molecule has 0 aliphatic carbocycles. The Hall–Kier alpha value is -2.59. The predicted molar refractivity (Wildman–Crippen MR) is 131 cm³/mol. The first-order valence-corrected chi connectivity index (χ1v) is 13.7. The summed E-state index contributed by atoms with van der Waals surface area (Å²) in [6, 6.07) is 1.43. The number of pyridine rings is 1. The third-order valence-corrected chi connectivity index (χ3v) is 7.52. The summed E-state index contributed by atoms with van der Waals surface area (Å²) in [7, 11) is -2.83. The lowest BCUT2D eigenvalue weighted by molar-refractivity contribution is 0.0670. The number of hydrogen-bond acceptors (Lipinski definition) is 7. The molecule has 2 atom stereocenters. The molecule has 0 bridgehead atoms. The molecule has 10 nitrogen and oxygen atoms in total. The molecule has 0 radical (unpaired) electrons. The van der Waals surface area contributed by atoms with Crippen LogP contribution in [0.1, 0.15) is 57.6 Å². The van der Waals surface area contributed by atoms with E-state index in [1.165, 1.54) is 22.6 Å². The molecule has 0 saturated carbocycles. The molecule has 14 heteroatoms.